The Balaban J connectivity index is 2.05. The van der Waals surface area contributed by atoms with Crippen LogP contribution in [0.25, 0.3) is 0 Å². The van der Waals surface area contributed by atoms with Crippen LogP contribution in [0.1, 0.15) is 24.8 Å². The van der Waals surface area contributed by atoms with Gasteiger partial charge in [0.1, 0.15) is 0 Å². The smallest absolute Gasteiger partial charge is 0.208 e. The molecule has 0 spiro atoms. The summed E-state index contributed by atoms with van der Waals surface area (Å²) < 4.78 is 27.3. The Morgan fingerprint density at radius 2 is 2.05 bits per heavy atom. The fourth-order valence-electron chi connectivity index (χ4n) is 2.43. The summed E-state index contributed by atoms with van der Waals surface area (Å²) in [4.78, 5) is 0.270. The number of rotatable bonds is 5. The molecule has 2 atom stereocenters. The molecule has 1 aliphatic carbocycles. The van der Waals surface area contributed by atoms with Crippen LogP contribution in [0.4, 0.5) is 0 Å². The van der Waals surface area contributed by atoms with Gasteiger partial charge in [-0.1, -0.05) is 12.1 Å². The molecule has 0 aliphatic heterocycles. The maximum absolute atomic E-state index is 12.3. The standard InChI is InChI=1S/C14H18N2O2S2/c1-19-13-5-4-12(10-13)16-20(17,18)14-6-2-11(3-7-14)8-9-15/h2-3,6-7,12-13,16H,4-5,8,10H2,1H3. The lowest BCUT2D eigenvalue weighted by atomic mass is 10.2. The second-order valence-electron chi connectivity index (χ2n) is 4.97. The number of benzene rings is 1. The molecule has 0 amide bonds. The highest BCUT2D eigenvalue weighted by atomic mass is 32.2. The topological polar surface area (TPSA) is 70.0 Å². The van der Waals surface area contributed by atoms with Gasteiger partial charge in [0.25, 0.3) is 0 Å². The summed E-state index contributed by atoms with van der Waals surface area (Å²) in [6.45, 7) is 0. The molecule has 4 nitrogen and oxygen atoms in total. The van der Waals surface area contributed by atoms with Gasteiger partial charge in [0.05, 0.1) is 17.4 Å². The number of nitrogens with zero attached hydrogens (tertiary/aromatic N) is 1. The Morgan fingerprint density at radius 1 is 1.35 bits per heavy atom. The van der Waals surface area contributed by atoms with E-state index >= 15 is 0 Å². The molecule has 1 aromatic carbocycles. The van der Waals surface area contributed by atoms with Crippen molar-refractivity contribution in [3.05, 3.63) is 29.8 Å². The van der Waals surface area contributed by atoms with Crippen LogP contribution < -0.4 is 4.72 Å². The molecule has 0 saturated heterocycles. The SMILES string of the molecule is CSC1CCC(NS(=O)(=O)c2ccc(CC#N)cc2)C1. The molecular weight excluding hydrogens is 292 g/mol. The third-order valence-electron chi connectivity index (χ3n) is 3.56. The van der Waals surface area contributed by atoms with Gasteiger partial charge in [0.15, 0.2) is 0 Å². The third-order valence-corrected chi connectivity index (χ3v) is 6.19. The number of hydrogen-bond donors (Lipinski definition) is 1. The lowest BCUT2D eigenvalue weighted by Gasteiger charge is -2.13. The number of hydrogen-bond acceptors (Lipinski definition) is 4. The number of nitriles is 1. The van der Waals surface area contributed by atoms with Crippen molar-refractivity contribution < 1.29 is 8.42 Å². The van der Waals surface area contributed by atoms with Crippen molar-refractivity contribution in [2.45, 2.75) is 41.9 Å². The maximum atomic E-state index is 12.3. The second-order valence-corrected chi connectivity index (χ2v) is 7.82. The van der Waals surface area contributed by atoms with Gasteiger partial charge in [-0.25, -0.2) is 13.1 Å². The fraction of sp³-hybridized carbons (Fsp3) is 0.500. The van der Waals surface area contributed by atoms with E-state index in [1.165, 1.54) is 0 Å². The van der Waals surface area contributed by atoms with Crippen molar-refractivity contribution in [2.24, 2.45) is 0 Å². The molecule has 0 aromatic heterocycles. The van der Waals surface area contributed by atoms with Gasteiger partial charge in [0.2, 0.25) is 10.0 Å². The summed E-state index contributed by atoms with van der Waals surface area (Å²) in [5.41, 5.74) is 0.828. The zero-order chi connectivity index (χ0) is 14.6. The van der Waals surface area contributed by atoms with Crippen LogP contribution in [-0.4, -0.2) is 26.0 Å². The van der Waals surface area contributed by atoms with Gasteiger partial charge in [0, 0.05) is 11.3 Å². The van der Waals surface area contributed by atoms with Crippen LogP contribution >= 0.6 is 11.8 Å². The van der Waals surface area contributed by atoms with E-state index in [1.807, 2.05) is 6.07 Å². The van der Waals surface area contributed by atoms with Gasteiger partial charge >= 0.3 is 0 Å². The summed E-state index contributed by atoms with van der Waals surface area (Å²) in [6.07, 6.45) is 5.22. The minimum absolute atomic E-state index is 0.0382. The summed E-state index contributed by atoms with van der Waals surface area (Å²) in [5.74, 6) is 0. The lowest BCUT2D eigenvalue weighted by Crippen LogP contribution is -2.33. The first kappa shape index (κ1) is 15.4. The van der Waals surface area contributed by atoms with Gasteiger partial charge in [-0.2, -0.15) is 17.0 Å². The molecule has 2 rings (SSSR count). The Kier molecular flexibility index (Phi) is 5.08. The third kappa shape index (κ3) is 3.75. The molecule has 0 heterocycles. The van der Waals surface area contributed by atoms with Crippen LogP contribution in [0.3, 0.4) is 0 Å². The molecule has 1 aliphatic rings. The molecule has 0 radical (unpaired) electrons. The molecule has 1 fully saturated rings. The van der Waals surface area contributed by atoms with E-state index in [0.29, 0.717) is 11.7 Å². The molecule has 20 heavy (non-hydrogen) atoms. The Bertz CT molecular complexity index is 591. The van der Waals surface area contributed by atoms with Gasteiger partial charge in [-0.05, 0) is 43.2 Å². The van der Waals surface area contributed by atoms with Crippen molar-refractivity contribution in [2.75, 3.05) is 6.26 Å². The van der Waals surface area contributed by atoms with Gasteiger partial charge in [-0.15, -0.1) is 0 Å². The predicted octanol–water partition coefficient (Wildman–Crippen LogP) is 2.32. The summed E-state index contributed by atoms with van der Waals surface area (Å²) in [7, 11) is -3.45. The molecule has 2 unspecified atom stereocenters. The first-order chi connectivity index (χ1) is 9.55. The Hall–Kier alpha value is -1.03. The van der Waals surface area contributed by atoms with Crippen molar-refractivity contribution in [1.29, 1.82) is 5.26 Å². The van der Waals surface area contributed by atoms with Crippen molar-refractivity contribution in [3.63, 3.8) is 0 Å². The minimum atomic E-state index is -3.45. The molecule has 1 saturated carbocycles. The summed E-state index contributed by atoms with van der Waals surface area (Å²) in [6, 6.07) is 8.60. The van der Waals surface area contributed by atoms with Crippen molar-refractivity contribution in [1.82, 2.24) is 4.72 Å². The second kappa shape index (κ2) is 6.61. The lowest BCUT2D eigenvalue weighted by molar-refractivity contribution is 0.552. The van der Waals surface area contributed by atoms with Gasteiger partial charge < -0.3 is 0 Å². The number of nitrogens with one attached hydrogen (secondary N) is 1. The van der Waals surface area contributed by atoms with E-state index in [2.05, 4.69) is 11.0 Å². The molecular formula is C14H18N2O2S2. The largest absolute Gasteiger partial charge is 0.240 e. The van der Waals surface area contributed by atoms with E-state index in [-0.39, 0.29) is 10.9 Å². The zero-order valence-electron chi connectivity index (χ0n) is 11.4. The van der Waals surface area contributed by atoms with Crippen LogP contribution in [-0.2, 0) is 16.4 Å². The zero-order valence-corrected chi connectivity index (χ0v) is 13.0. The number of sulfonamides is 1. The Labute approximate surface area is 124 Å². The molecule has 6 heteroatoms. The fourth-order valence-corrected chi connectivity index (χ4v) is 4.51. The van der Waals surface area contributed by atoms with E-state index in [1.54, 1.807) is 36.0 Å². The number of thioether (sulfide) groups is 1. The van der Waals surface area contributed by atoms with Crippen molar-refractivity contribution >= 4 is 21.8 Å². The van der Waals surface area contributed by atoms with E-state index in [9.17, 15) is 8.42 Å². The maximum Gasteiger partial charge on any atom is 0.240 e. The predicted molar refractivity (Wildman–Crippen MR) is 81.0 cm³/mol. The van der Waals surface area contributed by atoms with Crippen LogP contribution in [0, 0.1) is 11.3 Å². The molecule has 1 N–H and O–H groups in total. The monoisotopic (exact) mass is 310 g/mol. The minimum Gasteiger partial charge on any atom is -0.208 e. The molecule has 108 valence electrons. The highest BCUT2D eigenvalue weighted by Crippen LogP contribution is 2.29. The van der Waals surface area contributed by atoms with Crippen LogP contribution in [0.2, 0.25) is 0 Å². The molecule has 1 aromatic rings. The van der Waals surface area contributed by atoms with E-state index in [0.717, 1.165) is 24.8 Å². The van der Waals surface area contributed by atoms with E-state index in [4.69, 9.17) is 5.26 Å². The van der Waals surface area contributed by atoms with Crippen molar-refractivity contribution in [3.8, 4) is 6.07 Å². The molecule has 0 bridgehead atoms. The summed E-state index contributed by atoms with van der Waals surface area (Å²) in [5, 5.41) is 9.16. The highest BCUT2D eigenvalue weighted by Gasteiger charge is 2.28. The Morgan fingerprint density at radius 3 is 2.60 bits per heavy atom. The average Bonchev–Trinajstić information content (AvgIpc) is 2.87. The van der Waals surface area contributed by atoms with Crippen LogP contribution in [0.5, 0.6) is 0 Å². The normalized spacial score (nSPS) is 22.6. The average molecular weight is 310 g/mol. The quantitative estimate of drug-likeness (QED) is 0.906. The first-order valence-corrected chi connectivity index (χ1v) is 9.33. The van der Waals surface area contributed by atoms with E-state index < -0.39 is 10.0 Å². The van der Waals surface area contributed by atoms with Crippen LogP contribution in [0.15, 0.2) is 29.2 Å². The van der Waals surface area contributed by atoms with Gasteiger partial charge in [-0.3, -0.25) is 0 Å². The highest BCUT2D eigenvalue weighted by molar-refractivity contribution is 7.99. The summed E-state index contributed by atoms with van der Waals surface area (Å²) >= 11 is 1.80. The first-order valence-electron chi connectivity index (χ1n) is 6.56.